The highest BCUT2D eigenvalue weighted by Crippen LogP contribution is 2.46. The highest BCUT2D eigenvalue weighted by molar-refractivity contribution is 4.85. The first kappa shape index (κ1) is 42.0. The molecular formula is C42H86. The smallest absolute Gasteiger partial charge is 0.0303 e. The Labute approximate surface area is 270 Å². The van der Waals surface area contributed by atoms with Crippen molar-refractivity contribution in [3.63, 3.8) is 0 Å². The predicted molar refractivity (Wildman–Crippen MR) is 195 cm³/mol. The summed E-state index contributed by atoms with van der Waals surface area (Å²) < 4.78 is 0. The fraction of sp³-hybridized carbons (Fsp3) is 1.00. The molecule has 4 aliphatic carbocycles. The molecule has 0 spiro atoms. The van der Waals surface area contributed by atoms with Crippen molar-refractivity contribution in [2.45, 2.75) is 226 Å². The van der Waals surface area contributed by atoms with Gasteiger partial charge in [0.1, 0.15) is 0 Å². The van der Waals surface area contributed by atoms with Crippen molar-refractivity contribution in [1.29, 1.82) is 0 Å². The molecule has 4 saturated carbocycles. The molecule has 0 N–H and O–H groups in total. The largest absolute Gasteiger partial charge is 0.0776 e. The van der Waals surface area contributed by atoms with E-state index in [1.165, 1.54) is 128 Å². The monoisotopic (exact) mass is 591 g/mol. The van der Waals surface area contributed by atoms with Gasteiger partial charge in [0.2, 0.25) is 0 Å². The van der Waals surface area contributed by atoms with Crippen molar-refractivity contribution in [1.82, 2.24) is 0 Å². The summed E-state index contributed by atoms with van der Waals surface area (Å²) in [6.45, 7) is 31.1. The lowest BCUT2D eigenvalue weighted by atomic mass is 9.65. The average Bonchev–Trinajstić information content (AvgIpc) is 2.95. The van der Waals surface area contributed by atoms with Gasteiger partial charge in [-0.05, 0) is 103 Å². The summed E-state index contributed by atoms with van der Waals surface area (Å²) in [4.78, 5) is 0. The van der Waals surface area contributed by atoms with Crippen molar-refractivity contribution < 1.29 is 0 Å². The molecule has 0 heterocycles. The lowest BCUT2D eigenvalue weighted by Gasteiger charge is -2.41. The van der Waals surface area contributed by atoms with Crippen LogP contribution in [0.2, 0.25) is 0 Å². The number of hydrogen-bond acceptors (Lipinski definition) is 0. The van der Waals surface area contributed by atoms with Gasteiger partial charge in [-0.25, -0.2) is 0 Å². The van der Waals surface area contributed by atoms with Gasteiger partial charge in [-0.2, -0.15) is 0 Å². The predicted octanol–water partition coefficient (Wildman–Crippen LogP) is 15.5. The van der Waals surface area contributed by atoms with Crippen molar-refractivity contribution in [3.8, 4) is 0 Å². The first-order valence-corrected chi connectivity index (χ1v) is 19.0. The Morgan fingerprint density at radius 1 is 0.452 bits per heavy atom. The third kappa shape index (κ3) is 14.9. The van der Waals surface area contributed by atoms with E-state index in [9.17, 15) is 0 Å². The molecule has 0 radical (unpaired) electrons. The average molecular weight is 591 g/mol. The first-order chi connectivity index (χ1) is 19.0. The molecule has 254 valence electrons. The van der Waals surface area contributed by atoms with Crippen LogP contribution < -0.4 is 0 Å². The zero-order chi connectivity index (χ0) is 31.4. The molecule has 4 fully saturated rings. The molecule has 0 bridgehead atoms. The van der Waals surface area contributed by atoms with Gasteiger partial charge in [-0.1, -0.05) is 168 Å². The summed E-state index contributed by atoms with van der Waals surface area (Å²) >= 11 is 0. The molecule has 0 saturated heterocycles. The summed E-state index contributed by atoms with van der Waals surface area (Å²) in [5.41, 5.74) is 3.38. The molecule has 0 heteroatoms. The van der Waals surface area contributed by atoms with E-state index in [0.29, 0.717) is 27.1 Å². The van der Waals surface area contributed by atoms with Gasteiger partial charge in [0.15, 0.2) is 0 Å². The minimum atomic E-state index is 0. The molecule has 0 aliphatic heterocycles. The van der Waals surface area contributed by atoms with Crippen LogP contribution in [0.3, 0.4) is 0 Å². The molecule has 0 aromatic heterocycles. The fourth-order valence-electron chi connectivity index (χ4n) is 8.04. The van der Waals surface area contributed by atoms with Crippen LogP contribution in [-0.2, 0) is 0 Å². The van der Waals surface area contributed by atoms with Gasteiger partial charge in [0, 0.05) is 0 Å². The summed E-state index contributed by atoms with van der Waals surface area (Å²) in [7, 11) is 0. The van der Waals surface area contributed by atoms with Crippen molar-refractivity contribution >= 4 is 0 Å². The van der Waals surface area contributed by atoms with Gasteiger partial charge in [0.25, 0.3) is 0 Å². The third-order valence-corrected chi connectivity index (χ3v) is 13.8. The van der Waals surface area contributed by atoms with Gasteiger partial charge < -0.3 is 0 Å². The summed E-state index contributed by atoms with van der Waals surface area (Å²) in [6, 6.07) is 0. The molecule has 4 unspecified atom stereocenters. The van der Waals surface area contributed by atoms with E-state index in [4.69, 9.17) is 0 Å². The normalized spacial score (nSPS) is 37.2. The maximum Gasteiger partial charge on any atom is -0.0303 e. The lowest BCUT2D eigenvalue weighted by molar-refractivity contribution is 0.113. The minimum Gasteiger partial charge on any atom is -0.0776 e. The fourth-order valence-corrected chi connectivity index (χ4v) is 8.04. The maximum atomic E-state index is 2.46. The van der Waals surface area contributed by atoms with E-state index < -0.39 is 0 Å². The third-order valence-electron chi connectivity index (χ3n) is 13.8. The highest BCUT2D eigenvalue weighted by atomic mass is 14.4. The van der Waals surface area contributed by atoms with Crippen LogP contribution in [-0.4, -0.2) is 0 Å². The van der Waals surface area contributed by atoms with Gasteiger partial charge in [0.05, 0.1) is 0 Å². The molecule has 4 atom stereocenters. The molecule has 4 aliphatic rings. The Morgan fingerprint density at radius 3 is 1.33 bits per heavy atom. The Kier molecular flexibility index (Phi) is 18.8. The molecule has 42 heavy (non-hydrogen) atoms. The van der Waals surface area contributed by atoms with E-state index in [2.05, 4.69) is 90.0 Å². The zero-order valence-corrected chi connectivity index (χ0v) is 31.4. The second kappa shape index (κ2) is 18.8. The lowest BCUT2D eigenvalue weighted by Crippen LogP contribution is -2.28. The Morgan fingerprint density at radius 2 is 0.952 bits per heavy atom. The van der Waals surface area contributed by atoms with E-state index in [-0.39, 0.29) is 7.43 Å². The second-order valence-corrected chi connectivity index (χ2v) is 18.2. The summed E-state index contributed by atoms with van der Waals surface area (Å²) in [6.07, 6.45) is 28.8. The quantitative estimate of drug-likeness (QED) is 0.305. The molecule has 0 aromatic rings. The SMILES string of the molecule is C.CCC1(C)CCC(C)(C)CC1.CCC1(C)CCC(C)CC1.CCC1(C)CCCC(C)C1.CCC1(C)CCCCC1C. The highest BCUT2D eigenvalue weighted by Gasteiger charge is 2.33. The molecule has 0 aromatic carbocycles. The van der Waals surface area contributed by atoms with Gasteiger partial charge >= 0.3 is 0 Å². The summed E-state index contributed by atoms with van der Waals surface area (Å²) in [5.74, 6) is 2.95. The van der Waals surface area contributed by atoms with Crippen LogP contribution in [0.5, 0.6) is 0 Å². The van der Waals surface area contributed by atoms with Crippen molar-refractivity contribution in [2.75, 3.05) is 0 Å². The van der Waals surface area contributed by atoms with Crippen molar-refractivity contribution in [2.24, 2.45) is 44.8 Å². The molecular weight excluding hydrogens is 504 g/mol. The van der Waals surface area contributed by atoms with Crippen LogP contribution in [0.15, 0.2) is 0 Å². The number of rotatable bonds is 4. The molecule has 0 amide bonds. The number of hydrogen-bond donors (Lipinski definition) is 0. The molecule has 0 nitrogen and oxygen atoms in total. The van der Waals surface area contributed by atoms with Crippen LogP contribution in [0.1, 0.15) is 226 Å². The second-order valence-electron chi connectivity index (χ2n) is 18.2. The zero-order valence-electron chi connectivity index (χ0n) is 31.4. The van der Waals surface area contributed by atoms with E-state index in [0.717, 1.165) is 17.8 Å². The Bertz CT molecular complexity index is 668. The maximum absolute atomic E-state index is 2.46. The summed E-state index contributed by atoms with van der Waals surface area (Å²) in [5, 5.41) is 0. The van der Waals surface area contributed by atoms with Gasteiger partial charge in [-0.15, -0.1) is 0 Å². The van der Waals surface area contributed by atoms with E-state index in [1.54, 1.807) is 0 Å². The van der Waals surface area contributed by atoms with Crippen LogP contribution in [0, 0.1) is 44.8 Å². The Hall–Kier alpha value is 0. The standard InChI is InChI=1S/C11H22.3C10H20.CH4/c1-5-11(4)8-6-10(2,3)7-9-11;1-4-10(3)7-5-9(2)6-8-10;1-4-10(3)7-5-6-9(2)8-10;1-4-10(3)8-6-5-7-9(10)2;/h5-9H2,1-4H3;3*9H,4-8H2,1-3H3;1H4. The van der Waals surface area contributed by atoms with Crippen LogP contribution in [0.25, 0.3) is 0 Å². The Balaban J connectivity index is 0.000000530. The van der Waals surface area contributed by atoms with Gasteiger partial charge in [-0.3, -0.25) is 0 Å². The van der Waals surface area contributed by atoms with E-state index in [1.807, 2.05) is 0 Å². The van der Waals surface area contributed by atoms with Crippen molar-refractivity contribution in [3.05, 3.63) is 0 Å². The van der Waals surface area contributed by atoms with E-state index >= 15 is 0 Å². The minimum absolute atomic E-state index is 0. The topological polar surface area (TPSA) is 0 Å². The first-order valence-electron chi connectivity index (χ1n) is 19.0. The van der Waals surface area contributed by atoms with Crippen LogP contribution >= 0.6 is 0 Å². The molecule has 4 rings (SSSR count). The van der Waals surface area contributed by atoms with Crippen LogP contribution in [0.4, 0.5) is 0 Å².